The number of amides is 1. The number of aromatic nitrogens is 2. The van der Waals surface area contributed by atoms with Crippen molar-refractivity contribution < 1.29 is 4.79 Å². The molecule has 2 rings (SSSR count). The molecule has 0 aliphatic carbocycles. The minimum atomic E-state index is -0.0491. The Labute approximate surface area is 150 Å². The van der Waals surface area contributed by atoms with Crippen LogP contribution in [0, 0.1) is 0 Å². The van der Waals surface area contributed by atoms with E-state index in [0.29, 0.717) is 6.42 Å². The van der Waals surface area contributed by atoms with Crippen LogP contribution in [-0.4, -0.2) is 22.2 Å². The first-order chi connectivity index (χ1) is 11.2. The first-order valence-electron chi connectivity index (χ1n) is 8.30. The fraction of sp³-hybridized carbons (Fsp3) is 0.444. The molecule has 1 amide bonds. The molecule has 1 unspecified atom stereocenters. The highest BCUT2D eigenvalue weighted by Gasteiger charge is 2.14. The molecule has 3 N–H and O–H groups in total. The Morgan fingerprint density at radius 2 is 1.96 bits per heavy atom. The van der Waals surface area contributed by atoms with E-state index in [1.54, 1.807) is 6.20 Å². The van der Waals surface area contributed by atoms with E-state index in [2.05, 4.69) is 10.4 Å². The van der Waals surface area contributed by atoms with Crippen LogP contribution in [0.25, 0.3) is 5.69 Å². The van der Waals surface area contributed by atoms with E-state index >= 15 is 0 Å². The summed E-state index contributed by atoms with van der Waals surface area (Å²) in [5.74, 6) is 0.0977. The SMILES string of the molecule is CC(NC(=O)CCCCCCN)c1ccccc1-n1cccn1.Cl. The van der Waals surface area contributed by atoms with Crippen LogP contribution in [0.1, 0.15) is 50.6 Å². The molecule has 6 heteroatoms. The van der Waals surface area contributed by atoms with E-state index in [-0.39, 0.29) is 24.4 Å². The maximum atomic E-state index is 12.1. The summed E-state index contributed by atoms with van der Waals surface area (Å²) in [6.45, 7) is 2.74. The van der Waals surface area contributed by atoms with Gasteiger partial charge in [0.2, 0.25) is 5.91 Å². The number of benzene rings is 1. The van der Waals surface area contributed by atoms with Crippen LogP contribution in [0.3, 0.4) is 0 Å². The van der Waals surface area contributed by atoms with E-state index in [4.69, 9.17) is 5.73 Å². The third-order valence-corrected chi connectivity index (χ3v) is 3.89. The molecule has 0 spiro atoms. The lowest BCUT2D eigenvalue weighted by Gasteiger charge is -2.18. The summed E-state index contributed by atoms with van der Waals surface area (Å²) in [5, 5.41) is 7.37. The van der Waals surface area contributed by atoms with Gasteiger partial charge in [0, 0.05) is 18.8 Å². The summed E-state index contributed by atoms with van der Waals surface area (Å²) in [5.41, 5.74) is 7.53. The summed E-state index contributed by atoms with van der Waals surface area (Å²) in [4.78, 5) is 12.1. The number of hydrogen-bond donors (Lipinski definition) is 2. The van der Waals surface area contributed by atoms with Gasteiger partial charge in [0.25, 0.3) is 0 Å². The lowest BCUT2D eigenvalue weighted by atomic mass is 10.1. The second kappa shape index (κ2) is 10.8. The molecular formula is C18H27ClN4O. The van der Waals surface area contributed by atoms with Crippen molar-refractivity contribution in [1.29, 1.82) is 0 Å². The number of para-hydroxylation sites is 1. The van der Waals surface area contributed by atoms with Gasteiger partial charge in [0.15, 0.2) is 0 Å². The standard InChI is InChI=1S/C18H26N4O.ClH/c1-15(21-18(23)11-4-2-3-7-12-19)16-9-5-6-10-17(16)22-14-8-13-20-22;/h5-6,8-10,13-15H,2-4,7,11-12,19H2,1H3,(H,21,23);1H. The Bertz CT molecular complexity index is 601. The van der Waals surface area contributed by atoms with Gasteiger partial charge in [-0.3, -0.25) is 4.79 Å². The van der Waals surface area contributed by atoms with Crippen molar-refractivity contribution in [3.8, 4) is 5.69 Å². The molecule has 0 bridgehead atoms. The number of nitrogens with two attached hydrogens (primary N) is 1. The Morgan fingerprint density at radius 1 is 1.21 bits per heavy atom. The lowest BCUT2D eigenvalue weighted by molar-refractivity contribution is -0.121. The molecule has 0 saturated carbocycles. The third kappa shape index (κ3) is 5.98. The molecule has 1 aromatic heterocycles. The second-order valence-corrected chi connectivity index (χ2v) is 5.75. The average molecular weight is 351 g/mol. The van der Waals surface area contributed by atoms with Gasteiger partial charge in [-0.2, -0.15) is 5.10 Å². The molecule has 0 aliphatic rings. The molecule has 1 aromatic carbocycles. The Balaban J connectivity index is 0.00000288. The van der Waals surface area contributed by atoms with Crippen LogP contribution in [0.2, 0.25) is 0 Å². The van der Waals surface area contributed by atoms with Crippen LogP contribution < -0.4 is 11.1 Å². The molecule has 1 atom stereocenters. The maximum Gasteiger partial charge on any atom is 0.220 e. The number of rotatable bonds is 9. The van der Waals surface area contributed by atoms with Crippen molar-refractivity contribution in [2.24, 2.45) is 5.73 Å². The maximum absolute atomic E-state index is 12.1. The molecule has 0 fully saturated rings. The summed E-state index contributed by atoms with van der Waals surface area (Å²) in [6, 6.07) is 9.85. The molecule has 5 nitrogen and oxygen atoms in total. The molecule has 1 heterocycles. The number of nitrogens with one attached hydrogen (secondary N) is 1. The van der Waals surface area contributed by atoms with Crippen molar-refractivity contribution in [3.63, 3.8) is 0 Å². The summed E-state index contributed by atoms with van der Waals surface area (Å²) in [7, 11) is 0. The first-order valence-corrected chi connectivity index (χ1v) is 8.30. The minimum Gasteiger partial charge on any atom is -0.350 e. The highest BCUT2D eigenvalue weighted by atomic mass is 35.5. The van der Waals surface area contributed by atoms with E-state index < -0.39 is 0 Å². The van der Waals surface area contributed by atoms with Gasteiger partial charge in [-0.1, -0.05) is 31.0 Å². The van der Waals surface area contributed by atoms with Gasteiger partial charge < -0.3 is 11.1 Å². The molecule has 0 saturated heterocycles. The summed E-state index contributed by atoms with van der Waals surface area (Å²) >= 11 is 0. The summed E-state index contributed by atoms with van der Waals surface area (Å²) < 4.78 is 1.82. The predicted molar refractivity (Wildman–Crippen MR) is 99.5 cm³/mol. The Kier molecular flexibility index (Phi) is 9.12. The second-order valence-electron chi connectivity index (χ2n) is 5.75. The Morgan fingerprint density at radius 3 is 2.67 bits per heavy atom. The lowest BCUT2D eigenvalue weighted by Crippen LogP contribution is -2.27. The zero-order chi connectivity index (χ0) is 16.5. The van der Waals surface area contributed by atoms with Crippen LogP contribution in [0.15, 0.2) is 42.7 Å². The number of hydrogen-bond acceptors (Lipinski definition) is 3. The number of nitrogens with zero attached hydrogens (tertiary/aromatic N) is 2. The predicted octanol–water partition coefficient (Wildman–Crippen LogP) is 3.38. The van der Waals surface area contributed by atoms with E-state index in [0.717, 1.165) is 43.5 Å². The zero-order valence-corrected chi connectivity index (χ0v) is 15.0. The fourth-order valence-corrected chi connectivity index (χ4v) is 2.65. The smallest absolute Gasteiger partial charge is 0.220 e. The van der Waals surface area contributed by atoms with Crippen molar-refractivity contribution in [2.45, 2.75) is 45.1 Å². The number of carbonyl (C=O) groups excluding carboxylic acids is 1. The average Bonchev–Trinajstić information content (AvgIpc) is 3.09. The quantitative estimate of drug-likeness (QED) is 0.681. The van der Waals surface area contributed by atoms with Crippen molar-refractivity contribution >= 4 is 18.3 Å². The largest absolute Gasteiger partial charge is 0.350 e. The van der Waals surface area contributed by atoms with Crippen LogP contribution in [-0.2, 0) is 4.79 Å². The first kappa shape index (κ1) is 20.2. The van der Waals surface area contributed by atoms with Crippen LogP contribution in [0.5, 0.6) is 0 Å². The van der Waals surface area contributed by atoms with Gasteiger partial charge in [-0.05, 0) is 44.0 Å². The topological polar surface area (TPSA) is 72.9 Å². The van der Waals surface area contributed by atoms with Gasteiger partial charge in [-0.15, -0.1) is 12.4 Å². The monoisotopic (exact) mass is 350 g/mol. The minimum absolute atomic E-state index is 0. The number of unbranched alkanes of at least 4 members (excludes halogenated alkanes) is 3. The molecule has 0 radical (unpaired) electrons. The van der Waals surface area contributed by atoms with Crippen molar-refractivity contribution in [3.05, 3.63) is 48.3 Å². The highest BCUT2D eigenvalue weighted by molar-refractivity contribution is 5.85. The van der Waals surface area contributed by atoms with Gasteiger partial charge >= 0.3 is 0 Å². The molecule has 132 valence electrons. The van der Waals surface area contributed by atoms with Crippen molar-refractivity contribution in [1.82, 2.24) is 15.1 Å². The van der Waals surface area contributed by atoms with E-state index in [1.807, 2.05) is 48.1 Å². The van der Waals surface area contributed by atoms with Gasteiger partial charge in [0.1, 0.15) is 0 Å². The zero-order valence-electron chi connectivity index (χ0n) is 14.1. The fourth-order valence-electron chi connectivity index (χ4n) is 2.65. The number of halogens is 1. The molecule has 0 aliphatic heterocycles. The van der Waals surface area contributed by atoms with Crippen molar-refractivity contribution in [2.75, 3.05) is 6.54 Å². The highest BCUT2D eigenvalue weighted by Crippen LogP contribution is 2.21. The Hall–Kier alpha value is -1.85. The van der Waals surface area contributed by atoms with Gasteiger partial charge in [-0.25, -0.2) is 4.68 Å². The normalized spacial score (nSPS) is 11.6. The molecule has 24 heavy (non-hydrogen) atoms. The van der Waals surface area contributed by atoms with Gasteiger partial charge in [0.05, 0.1) is 11.7 Å². The number of carbonyl (C=O) groups is 1. The molecular weight excluding hydrogens is 324 g/mol. The van der Waals surface area contributed by atoms with E-state index in [1.165, 1.54) is 0 Å². The van der Waals surface area contributed by atoms with Crippen LogP contribution in [0.4, 0.5) is 0 Å². The van der Waals surface area contributed by atoms with E-state index in [9.17, 15) is 4.79 Å². The summed E-state index contributed by atoms with van der Waals surface area (Å²) in [6.07, 6.45) is 8.34. The molecule has 2 aromatic rings. The third-order valence-electron chi connectivity index (χ3n) is 3.89. The van der Waals surface area contributed by atoms with Crippen LogP contribution >= 0.6 is 12.4 Å².